The number of hydrogen-bond acceptors (Lipinski definition) is 2. The zero-order chi connectivity index (χ0) is 10.2. The van der Waals surface area contributed by atoms with Gasteiger partial charge in [-0.2, -0.15) is 5.26 Å². The van der Waals surface area contributed by atoms with E-state index in [1.807, 2.05) is 30.3 Å². The van der Waals surface area contributed by atoms with Crippen LogP contribution in [0.15, 0.2) is 30.3 Å². The maximum absolute atomic E-state index is 8.42. The molecule has 0 bridgehead atoms. The Kier molecular flexibility index (Phi) is 4.30. The summed E-state index contributed by atoms with van der Waals surface area (Å²) in [6, 6.07) is 9.65. The van der Waals surface area contributed by atoms with Gasteiger partial charge in [0.2, 0.25) is 0 Å². The van der Waals surface area contributed by atoms with Crippen molar-refractivity contribution in [2.24, 2.45) is 0 Å². The molecule has 0 saturated carbocycles. The lowest BCUT2D eigenvalue weighted by atomic mass is 10.2. The van der Waals surface area contributed by atoms with Gasteiger partial charge >= 0.3 is 0 Å². The fourth-order valence-corrected chi connectivity index (χ4v) is 1.09. The fourth-order valence-electron chi connectivity index (χ4n) is 1.09. The highest BCUT2D eigenvalue weighted by molar-refractivity contribution is 5.58. The lowest BCUT2D eigenvalue weighted by Gasteiger charge is -2.06. The first-order valence-electron chi connectivity index (χ1n) is 4.66. The maximum atomic E-state index is 8.42. The Morgan fingerprint density at radius 2 is 2.21 bits per heavy atom. The standard InChI is InChI=1S/C12H13NO/c1-2-10-14-12-8-4-3-6-11(12)7-5-9-13/h3-8H,2,10H2,1H3/b7-5+. The molecular formula is C12H13NO. The number of nitriles is 1. The van der Waals surface area contributed by atoms with Gasteiger partial charge in [-0.15, -0.1) is 0 Å². The van der Waals surface area contributed by atoms with Crippen LogP contribution in [0.2, 0.25) is 0 Å². The van der Waals surface area contributed by atoms with Gasteiger partial charge in [0.25, 0.3) is 0 Å². The molecule has 1 aromatic carbocycles. The van der Waals surface area contributed by atoms with E-state index in [1.54, 1.807) is 6.08 Å². The van der Waals surface area contributed by atoms with Crippen molar-refractivity contribution in [1.29, 1.82) is 5.26 Å². The SMILES string of the molecule is CCCOc1ccccc1/C=C/C#N. The van der Waals surface area contributed by atoms with Crippen LogP contribution in [0.3, 0.4) is 0 Å². The minimum atomic E-state index is 0.706. The summed E-state index contributed by atoms with van der Waals surface area (Å²) in [7, 11) is 0. The Bertz CT molecular complexity index is 350. The van der Waals surface area contributed by atoms with Crippen molar-refractivity contribution in [3.05, 3.63) is 35.9 Å². The number of allylic oxidation sites excluding steroid dienone is 1. The van der Waals surface area contributed by atoms with Crippen LogP contribution < -0.4 is 4.74 Å². The lowest BCUT2D eigenvalue weighted by molar-refractivity contribution is 0.317. The molecule has 0 radical (unpaired) electrons. The molecule has 72 valence electrons. The minimum Gasteiger partial charge on any atom is -0.493 e. The highest BCUT2D eigenvalue weighted by Gasteiger charge is 1.97. The molecule has 14 heavy (non-hydrogen) atoms. The zero-order valence-corrected chi connectivity index (χ0v) is 8.23. The highest BCUT2D eigenvalue weighted by atomic mass is 16.5. The van der Waals surface area contributed by atoms with Gasteiger partial charge in [0.15, 0.2) is 0 Å². The van der Waals surface area contributed by atoms with E-state index < -0.39 is 0 Å². The summed E-state index contributed by atoms with van der Waals surface area (Å²) in [5, 5.41) is 8.42. The first kappa shape index (κ1) is 10.3. The Balaban J connectivity index is 2.81. The molecule has 0 aliphatic rings. The summed E-state index contributed by atoms with van der Waals surface area (Å²) in [5.41, 5.74) is 0.947. The normalized spacial score (nSPS) is 10.0. The van der Waals surface area contributed by atoms with Crippen LogP contribution in [0.4, 0.5) is 0 Å². The van der Waals surface area contributed by atoms with Crippen molar-refractivity contribution in [3.8, 4) is 11.8 Å². The average Bonchev–Trinajstić information content (AvgIpc) is 2.24. The molecule has 0 atom stereocenters. The van der Waals surface area contributed by atoms with Gasteiger partial charge in [-0.25, -0.2) is 0 Å². The van der Waals surface area contributed by atoms with Crippen molar-refractivity contribution >= 4 is 6.08 Å². The predicted octanol–water partition coefficient (Wildman–Crippen LogP) is 3.01. The molecule has 2 nitrogen and oxygen atoms in total. The predicted molar refractivity (Wildman–Crippen MR) is 56.9 cm³/mol. The van der Waals surface area contributed by atoms with E-state index in [9.17, 15) is 0 Å². The zero-order valence-electron chi connectivity index (χ0n) is 8.23. The molecule has 0 aromatic heterocycles. The second-order valence-electron chi connectivity index (χ2n) is 2.85. The smallest absolute Gasteiger partial charge is 0.126 e. The highest BCUT2D eigenvalue weighted by Crippen LogP contribution is 2.19. The van der Waals surface area contributed by atoms with E-state index in [4.69, 9.17) is 10.00 Å². The Morgan fingerprint density at radius 1 is 1.43 bits per heavy atom. The van der Waals surface area contributed by atoms with Gasteiger partial charge in [0.05, 0.1) is 12.7 Å². The van der Waals surface area contributed by atoms with Gasteiger partial charge in [-0.05, 0) is 18.6 Å². The third-order valence-electron chi connectivity index (χ3n) is 1.72. The van der Waals surface area contributed by atoms with Crippen LogP contribution in [0, 0.1) is 11.3 Å². The van der Waals surface area contributed by atoms with Crippen LogP contribution >= 0.6 is 0 Å². The van der Waals surface area contributed by atoms with Crippen LogP contribution in [0.1, 0.15) is 18.9 Å². The Hall–Kier alpha value is -1.75. The van der Waals surface area contributed by atoms with E-state index in [0.717, 1.165) is 17.7 Å². The largest absolute Gasteiger partial charge is 0.493 e. The number of hydrogen-bond donors (Lipinski definition) is 0. The molecular weight excluding hydrogens is 174 g/mol. The van der Waals surface area contributed by atoms with Gasteiger partial charge in [-0.3, -0.25) is 0 Å². The molecule has 0 amide bonds. The van der Waals surface area contributed by atoms with Gasteiger partial charge < -0.3 is 4.74 Å². The third-order valence-corrected chi connectivity index (χ3v) is 1.72. The summed E-state index contributed by atoms with van der Waals surface area (Å²) < 4.78 is 5.52. The number of rotatable bonds is 4. The van der Waals surface area contributed by atoms with Crippen molar-refractivity contribution in [2.45, 2.75) is 13.3 Å². The molecule has 0 aliphatic heterocycles. The molecule has 0 aliphatic carbocycles. The van der Waals surface area contributed by atoms with Gasteiger partial charge in [0.1, 0.15) is 5.75 Å². The Labute approximate surface area is 84.4 Å². The molecule has 2 heteroatoms. The van der Waals surface area contributed by atoms with E-state index in [1.165, 1.54) is 6.08 Å². The fraction of sp³-hybridized carbons (Fsp3) is 0.250. The monoisotopic (exact) mass is 187 g/mol. The molecule has 0 saturated heterocycles. The first-order chi connectivity index (χ1) is 6.88. The number of nitrogens with zero attached hydrogens (tertiary/aromatic N) is 1. The van der Waals surface area contributed by atoms with Crippen molar-refractivity contribution in [2.75, 3.05) is 6.61 Å². The van der Waals surface area contributed by atoms with Crippen molar-refractivity contribution < 1.29 is 4.74 Å². The number of benzene rings is 1. The second kappa shape index (κ2) is 5.82. The quantitative estimate of drug-likeness (QED) is 0.679. The molecule has 0 spiro atoms. The Morgan fingerprint density at radius 3 is 2.93 bits per heavy atom. The van der Waals surface area contributed by atoms with Crippen molar-refractivity contribution in [3.63, 3.8) is 0 Å². The summed E-state index contributed by atoms with van der Waals surface area (Å²) in [6.45, 7) is 2.77. The lowest BCUT2D eigenvalue weighted by Crippen LogP contribution is -1.96. The molecule has 0 fully saturated rings. The summed E-state index contributed by atoms with van der Waals surface area (Å²) in [4.78, 5) is 0. The molecule has 1 aromatic rings. The average molecular weight is 187 g/mol. The van der Waals surface area contributed by atoms with Crippen LogP contribution in [0.25, 0.3) is 6.08 Å². The van der Waals surface area contributed by atoms with Crippen LogP contribution in [-0.4, -0.2) is 6.61 Å². The van der Waals surface area contributed by atoms with Gasteiger partial charge in [-0.1, -0.05) is 25.1 Å². The summed E-state index contributed by atoms with van der Waals surface area (Å²) in [6.07, 6.45) is 4.19. The van der Waals surface area contributed by atoms with Crippen LogP contribution in [-0.2, 0) is 0 Å². The van der Waals surface area contributed by atoms with E-state index in [-0.39, 0.29) is 0 Å². The molecule has 0 heterocycles. The third kappa shape index (κ3) is 2.95. The van der Waals surface area contributed by atoms with E-state index >= 15 is 0 Å². The molecule has 1 rings (SSSR count). The number of ether oxygens (including phenoxy) is 1. The number of para-hydroxylation sites is 1. The second-order valence-corrected chi connectivity index (χ2v) is 2.85. The maximum Gasteiger partial charge on any atom is 0.126 e. The minimum absolute atomic E-state index is 0.706. The van der Waals surface area contributed by atoms with Gasteiger partial charge in [0, 0.05) is 11.6 Å². The van der Waals surface area contributed by atoms with Crippen molar-refractivity contribution in [1.82, 2.24) is 0 Å². The first-order valence-corrected chi connectivity index (χ1v) is 4.66. The topological polar surface area (TPSA) is 33.0 Å². The van der Waals surface area contributed by atoms with E-state index in [2.05, 4.69) is 6.92 Å². The van der Waals surface area contributed by atoms with E-state index in [0.29, 0.717) is 6.61 Å². The molecule has 0 unspecified atom stereocenters. The molecule has 0 N–H and O–H groups in total. The van der Waals surface area contributed by atoms with Crippen LogP contribution in [0.5, 0.6) is 5.75 Å². The summed E-state index contributed by atoms with van der Waals surface area (Å²) in [5.74, 6) is 0.834. The summed E-state index contributed by atoms with van der Waals surface area (Å²) >= 11 is 0.